The summed E-state index contributed by atoms with van der Waals surface area (Å²) < 4.78 is 0. The molecule has 1 N–H and O–H groups in total. The topological polar surface area (TPSA) is 33.1 Å². The molecule has 0 atom stereocenters. The average Bonchev–Trinajstić information content (AvgIpc) is 2.97. The van der Waals surface area contributed by atoms with Crippen LogP contribution in [0.5, 0.6) is 5.75 Å². The molecule has 0 radical (unpaired) electrons. The van der Waals surface area contributed by atoms with Gasteiger partial charge in [0.15, 0.2) is 0 Å². The van der Waals surface area contributed by atoms with Crippen molar-refractivity contribution < 1.29 is 5.11 Å². The van der Waals surface area contributed by atoms with Gasteiger partial charge in [0.05, 0.1) is 11.3 Å². The van der Waals surface area contributed by atoms with Crippen LogP contribution in [0.25, 0.3) is 21.8 Å². The molecule has 0 saturated heterocycles. The Labute approximate surface area is 135 Å². The second-order valence-electron chi connectivity index (χ2n) is 6.39. The quantitative estimate of drug-likeness (QED) is 0.680. The Bertz CT molecular complexity index is 785. The molecule has 3 aromatic rings. The number of aromatic hydroxyl groups is 1. The van der Waals surface area contributed by atoms with Crippen molar-refractivity contribution in [2.75, 3.05) is 0 Å². The Morgan fingerprint density at radius 2 is 1.73 bits per heavy atom. The summed E-state index contributed by atoms with van der Waals surface area (Å²) >= 11 is 1.56. The van der Waals surface area contributed by atoms with E-state index < -0.39 is 0 Å². The van der Waals surface area contributed by atoms with E-state index in [0.29, 0.717) is 0 Å². The van der Waals surface area contributed by atoms with E-state index in [1.165, 1.54) is 5.56 Å². The van der Waals surface area contributed by atoms with Crippen LogP contribution in [0.2, 0.25) is 0 Å². The highest BCUT2D eigenvalue weighted by Gasteiger charge is 2.17. The van der Waals surface area contributed by atoms with Crippen molar-refractivity contribution in [2.24, 2.45) is 0 Å². The molecule has 2 nitrogen and oxygen atoms in total. The molecule has 0 bridgehead atoms. The van der Waals surface area contributed by atoms with E-state index in [-0.39, 0.29) is 11.2 Å². The fraction of sp³-hybridized carbons (Fsp3) is 0.211. The van der Waals surface area contributed by atoms with Crippen molar-refractivity contribution in [1.82, 2.24) is 4.98 Å². The third kappa shape index (κ3) is 2.90. The zero-order chi connectivity index (χ0) is 15.7. The number of phenols is 1. The average molecular weight is 309 g/mol. The Morgan fingerprint density at radius 3 is 2.41 bits per heavy atom. The number of benzene rings is 2. The predicted molar refractivity (Wildman–Crippen MR) is 93.4 cm³/mol. The van der Waals surface area contributed by atoms with Crippen molar-refractivity contribution in [2.45, 2.75) is 26.2 Å². The van der Waals surface area contributed by atoms with Gasteiger partial charge in [-0.25, -0.2) is 4.98 Å². The molecule has 0 unspecified atom stereocenters. The molecule has 22 heavy (non-hydrogen) atoms. The molecule has 3 heteroatoms. The van der Waals surface area contributed by atoms with Gasteiger partial charge >= 0.3 is 0 Å². The molecule has 0 aliphatic heterocycles. The number of aromatic nitrogens is 1. The van der Waals surface area contributed by atoms with Crippen molar-refractivity contribution in [3.8, 4) is 27.6 Å². The number of hydrogen-bond donors (Lipinski definition) is 1. The summed E-state index contributed by atoms with van der Waals surface area (Å²) in [4.78, 5) is 4.69. The van der Waals surface area contributed by atoms with Gasteiger partial charge in [0.2, 0.25) is 0 Å². The Morgan fingerprint density at radius 1 is 1.00 bits per heavy atom. The lowest BCUT2D eigenvalue weighted by atomic mass is 9.86. The molecule has 1 aromatic heterocycles. The van der Waals surface area contributed by atoms with Gasteiger partial charge in [-0.1, -0.05) is 57.2 Å². The summed E-state index contributed by atoms with van der Waals surface area (Å²) in [6, 6.07) is 15.9. The van der Waals surface area contributed by atoms with Gasteiger partial charge in [0, 0.05) is 10.9 Å². The first kappa shape index (κ1) is 14.8. The fourth-order valence-electron chi connectivity index (χ4n) is 2.31. The van der Waals surface area contributed by atoms with Crippen LogP contribution in [-0.2, 0) is 5.41 Å². The number of thiazole rings is 1. The van der Waals surface area contributed by atoms with Gasteiger partial charge in [-0.3, -0.25) is 0 Å². The molecular weight excluding hydrogens is 290 g/mol. The zero-order valence-electron chi connectivity index (χ0n) is 13.0. The van der Waals surface area contributed by atoms with Crippen LogP contribution in [0.3, 0.4) is 0 Å². The number of rotatable bonds is 2. The second kappa shape index (κ2) is 5.58. The van der Waals surface area contributed by atoms with E-state index in [0.717, 1.165) is 21.8 Å². The molecule has 0 spiro atoms. The molecule has 3 rings (SSSR count). The van der Waals surface area contributed by atoms with Gasteiger partial charge in [0.25, 0.3) is 0 Å². The lowest BCUT2D eigenvalue weighted by Gasteiger charge is -2.19. The van der Waals surface area contributed by atoms with E-state index in [1.54, 1.807) is 17.4 Å². The maximum Gasteiger partial charge on any atom is 0.127 e. The number of hydrogen-bond acceptors (Lipinski definition) is 3. The summed E-state index contributed by atoms with van der Waals surface area (Å²) in [7, 11) is 0. The molecule has 1 heterocycles. The van der Waals surface area contributed by atoms with Gasteiger partial charge in [-0.2, -0.15) is 0 Å². The minimum atomic E-state index is 0.0436. The van der Waals surface area contributed by atoms with Crippen LogP contribution in [0, 0.1) is 0 Å². The molecule has 112 valence electrons. The van der Waals surface area contributed by atoms with E-state index >= 15 is 0 Å². The Balaban J connectivity index is 2.04. The second-order valence-corrected chi connectivity index (χ2v) is 7.24. The lowest BCUT2D eigenvalue weighted by Crippen LogP contribution is -2.10. The normalized spacial score (nSPS) is 11.6. The molecule has 0 aliphatic rings. The minimum Gasteiger partial charge on any atom is -0.507 e. The summed E-state index contributed by atoms with van der Waals surface area (Å²) in [6.45, 7) is 6.50. The molecular formula is C19H19NOS. The first-order chi connectivity index (χ1) is 10.4. The summed E-state index contributed by atoms with van der Waals surface area (Å²) in [5, 5.41) is 13.1. The molecule has 0 fully saturated rings. The van der Waals surface area contributed by atoms with Gasteiger partial charge < -0.3 is 5.11 Å². The summed E-state index contributed by atoms with van der Waals surface area (Å²) in [5.41, 5.74) is 4.08. The van der Waals surface area contributed by atoms with Crippen LogP contribution in [0.1, 0.15) is 26.3 Å². The first-order valence-electron chi connectivity index (χ1n) is 7.30. The van der Waals surface area contributed by atoms with Crippen LogP contribution in [0.4, 0.5) is 0 Å². The highest BCUT2D eigenvalue weighted by Crippen LogP contribution is 2.37. The van der Waals surface area contributed by atoms with Crippen molar-refractivity contribution in [3.05, 3.63) is 59.5 Å². The predicted octanol–water partition coefficient (Wildman–Crippen LogP) is 5.48. The van der Waals surface area contributed by atoms with Crippen molar-refractivity contribution in [1.29, 1.82) is 0 Å². The minimum absolute atomic E-state index is 0.0436. The third-order valence-electron chi connectivity index (χ3n) is 3.67. The number of nitrogens with zero attached hydrogens (tertiary/aromatic N) is 1. The Hall–Kier alpha value is -2.13. The highest BCUT2D eigenvalue weighted by molar-refractivity contribution is 7.13. The van der Waals surface area contributed by atoms with Gasteiger partial charge in [-0.05, 0) is 23.1 Å². The molecule has 0 amide bonds. The zero-order valence-corrected chi connectivity index (χ0v) is 13.8. The van der Waals surface area contributed by atoms with Crippen molar-refractivity contribution in [3.63, 3.8) is 0 Å². The smallest absolute Gasteiger partial charge is 0.127 e. The SMILES string of the molecule is CC(C)(C)c1ccc(O)c(-c2nc(-c3ccccc3)cs2)c1. The van der Waals surface area contributed by atoms with Crippen LogP contribution in [0.15, 0.2) is 53.9 Å². The Kier molecular flexibility index (Phi) is 3.75. The summed E-state index contributed by atoms with van der Waals surface area (Å²) in [5.74, 6) is 0.280. The molecule has 2 aromatic carbocycles. The number of phenolic OH excluding ortho intramolecular Hbond substituents is 1. The monoisotopic (exact) mass is 309 g/mol. The largest absolute Gasteiger partial charge is 0.507 e. The van der Waals surface area contributed by atoms with Crippen LogP contribution < -0.4 is 0 Å². The van der Waals surface area contributed by atoms with Crippen LogP contribution >= 0.6 is 11.3 Å². The standard InChI is InChI=1S/C19H19NOS/c1-19(2,3)14-9-10-17(21)15(11-14)18-20-16(12-22-18)13-7-5-4-6-8-13/h4-12,21H,1-3H3. The van der Waals surface area contributed by atoms with Crippen LogP contribution in [-0.4, -0.2) is 10.1 Å². The van der Waals surface area contributed by atoms with Gasteiger partial charge in [0.1, 0.15) is 10.8 Å². The lowest BCUT2D eigenvalue weighted by molar-refractivity contribution is 0.476. The highest BCUT2D eigenvalue weighted by atomic mass is 32.1. The summed E-state index contributed by atoms with van der Waals surface area (Å²) in [6.07, 6.45) is 0. The van der Waals surface area contributed by atoms with Crippen molar-refractivity contribution >= 4 is 11.3 Å². The van der Waals surface area contributed by atoms with Gasteiger partial charge in [-0.15, -0.1) is 11.3 Å². The van der Waals surface area contributed by atoms with E-state index in [2.05, 4.69) is 20.8 Å². The maximum absolute atomic E-state index is 10.2. The van der Waals surface area contributed by atoms with E-state index in [9.17, 15) is 5.11 Å². The maximum atomic E-state index is 10.2. The third-order valence-corrected chi connectivity index (χ3v) is 4.54. The first-order valence-corrected chi connectivity index (χ1v) is 8.18. The van der Waals surface area contributed by atoms with E-state index in [4.69, 9.17) is 4.98 Å². The molecule has 0 saturated carbocycles. The molecule has 0 aliphatic carbocycles. The van der Waals surface area contributed by atoms with E-state index in [1.807, 2.05) is 47.8 Å². The fourth-order valence-corrected chi connectivity index (χ4v) is 3.17.